The summed E-state index contributed by atoms with van der Waals surface area (Å²) >= 11 is 0. The van der Waals surface area contributed by atoms with Crippen LogP contribution in [-0.2, 0) is 14.3 Å². The van der Waals surface area contributed by atoms with E-state index in [0.29, 0.717) is 13.2 Å². The molecule has 0 aliphatic carbocycles. The number of rotatable bonds is 3. The van der Waals surface area contributed by atoms with Gasteiger partial charge in [0.1, 0.15) is 0 Å². The average Bonchev–Trinajstić information content (AvgIpc) is 2.04. The highest BCUT2D eigenvalue weighted by atomic mass is 16.5. The molecule has 70 valence electrons. The topological polar surface area (TPSA) is 55.8 Å². The van der Waals surface area contributed by atoms with E-state index in [4.69, 9.17) is 14.6 Å². The number of ether oxygens (including phenoxy) is 2. The van der Waals surface area contributed by atoms with Gasteiger partial charge in [-0.25, -0.2) is 0 Å². The summed E-state index contributed by atoms with van der Waals surface area (Å²) in [7, 11) is 1.59. The second-order valence-electron chi connectivity index (χ2n) is 3.00. The second kappa shape index (κ2) is 4.42. The largest absolute Gasteiger partial charge is 0.481 e. The third-order valence-electron chi connectivity index (χ3n) is 2.18. The van der Waals surface area contributed by atoms with Crippen LogP contribution >= 0.6 is 0 Å². The normalized spacial score (nSPS) is 30.1. The summed E-state index contributed by atoms with van der Waals surface area (Å²) in [6.07, 6.45) is 0.919. The zero-order valence-electron chi connectivity index (χ0n) is 7.16. The fourth-order valence-electron chi connectivity index (χ4n) is 1.47. The maximum absolute atomic E-state index is 10.4. The van der Waals surface area contributed by atoms with Crippen LogP contribution in [0.1, 0.15) is 12.8 Å². The molecule has 1 aliphatic heterocycles. The summed E-state index contributed by atoms with van der Waals surface area (Å²) in [6, 6.07) is 0. The van der Waals surface area contributed by atoms with Crippen molar-refractivity contribution >= 4 is 5.97 Å². The predicted molar refractivity (Wildman–Crippen MR) is 42.0 cm³/mol. The van der Waals surface area contributed by atoms with Crippen molar-refractivity contribution in [2.24, 2.45) is 5.92 Å². The Bertz CT molecular complexity index is 157. The number of methoxy groups -OCH3 is 1. The molecule has 2 unspecified atom stereocenters. The Morgan fingerprint density at radius 2 is 2.50 bits per heavy atom. The van der Waals surface area contributed by atoms with Gasteiger partial charge in [-0.05, 0) is 12.3 Å². The average molecular weight is 174 g/mol. The molecule has 1 heterocycles. The number of carboxylic acid groups (broad SMARTS) is 1. The molecule has 12 heavy (non-hydrogen) atoms. The van der Waals surface area contributed by atoms with E-state index in [1.807, 2.05) is 0 Å². The fraction of sp³-hybridized carbons (Fsp3) is 0.875. The van der Waals surface area contributed by atoms with Gasteiger partial charge >= 0.3 is 5.97 Å². The van der Waals surface area contributed by atoms with Gasteiger partial charge in [-0.1, -0.05) is 0 Å². The van der Waals surface area contributed by atoms with E-state index < -0.39 is 5.97 Å². The molecular formula is C8H14O4. The maximum Gasteiger partial charge on any atom is 0.303 e. The minimum absolute atomic E-state index is 0.0464. The molecule has 0 saturated carbocycles. The lowest BCUT2D eigenvalue weighted by Crippen LogP contribution is -2.35. The summed E-state index contributed by atoms with van der Waals surface area (Å²) < 4.78 is 10.3. The van der Waals surface area contributed by atoms with E-state index in [9.17, 15) is 4.79 Å². The van der Waals surface area contributed by atoms with E-state index in [2.05, 4.69) is 0 Å². The molecular weight excluding hydrogens is 160 g/mol. The standard InChI is InChI=1S/C8H14O4/c1-11-7-5-12-3-2-6(7)4-8(9)10/h6-7H,2-5H2,1H3,(H,9,10). The predicted octanol–water partition coefficient (Wildman–Crippen LogP) is 0.513. The van der Waals surface area contributed by atoms with Crippen LogP contribution < -0.4 is 0 Å². The summed E-state index contributed by atoms with van der Waals surface area (Å²) in [5, 5.41) is 8.58. The molecule has 0 spiro atoms. The van der Waals surface area contributed by atoms with Gasteiger partial charge in [0, 0.05) is 13.7 Å². The molecule has 1 aliphatic rings. The van der Waals surface area contributed by atoms with E-state index >= 15 is 0 Å². The van der Waals surface area contributed by atoms with Crippen LogP contribution in [0.15, 0.2) is 0 Å². The Labute approximate surface area is 71.5 Å². The van der Waals surface area contributed by atoms with Gasteiger partial charge in [-0.15, -0.1) is 0 Å². The van der Waals surface area contributed by atoms with E-state index in [1.165, 1.54) is 0 Å². The van der Waals surface area contributed by atoms with Crippen molar-refractivity contribution in [3.63, 3.8) is 0 Å². The van der Waals surface area contributed by atoms with Gasteiger partial charge in [-0.2, -0.15) is 0 Å². The molecule has 1 N–H and O–H groups in total. The van der Waals surface area contributed by atoms with E-state index in [-0.39, 0.29) is 18.4 Å². The summed E-state index contributed by atoms with van der Waals surface area (Å²) in [5.74, 6) is -0.648. The Kier molecular flexibility index (Phi) is 3.49. The van der Waals surface area contributed by atoms with Crippen molar-refractivity contribution in [2.75, 3.05) is 20.3 Å². The van der Waals surface area contributed by atoms with Crippen molar-refractivity contribution in [1.82, 2.24) is 0 Å². The van der Waals surface area contributed by atoms with Crippen LogP contribution in [0, 0.1) is 5.92 Å². The lowest BCUT2D eigenvalue weighted by molar-refractivity contribution is -0.142. The molecule has 0 aromatic rings. The minimum atomic E-state index is -0.760. The molecule has 0 amide bonds. The highest BCUT2D eigenvalue weighted by Crippen LogP contribution is 2.21. The van der Waals surface area contributed by atoms with Gasteiger partial charge in [0.15, 0.2) is 0 Å². The van der Waals surface area contributed by atoms with E-state index in [0.717, 1.165) is 6.42 Å². The maximum atomic E-state index is 10.4. The summed E-state index contributed by atoms with van der Waals surface area (Å²) in [6.45, 7) is 1.17. The molecule has 0 aromatic heterocycles. The van der Waals surface area contributed by atoms with Crippen LogP contribution in [-0.4, -0.2) is 37.5 Å². The molecule has 4 heteroatoms. The van der Waals surface area contributed by atoms with Crippen LogP contribution in [0.5, 0.6) is 0 Å². The smallest absolute Gasteiger partial charge is 0.303 e. The summed E-state index contributed by atoms with van der Waals surface area (Å²) in [5.41, 5.74) is 0. The molecule has 2 atom stereocenters. The van der Waals surface area contributed by atoms with Crippen molar-refractivity contribution < 1.29 is 19.4 Å². The van der Waals surface area contributed by atoms with Crippen LogP contribution in [0.25, 0.3) is 0 Å². The Morgan fingerprint density at radius 3 is 3.08 bits per heavy atom. The van der Waals surface area contributed by atoms with Crippen molar-refractivity contribution in [2.45, 2.75) is 18.9 Å². The number of aliphatic carboxylic acids is 1. The zero-order valence-corrected chi connectivity index (χ0v) is 7.16. The molecule has 0 radical (unpaired) electrons. The first-order valence-corrected chi connectivity index (χ1v) is 4.06. The first-order chi connectivity index (χ1) is 5.74. The first-order valence-electron chi connectivity index (χ1n) is 4.06. The molecule has 1 fully saturated rings. The monoisotopic (exact) mass is 174 g/mol. The van der Waals surface area contributed by atoms with Crippen molar-refractivity contribution in [1.29, 1.82) is 0 Å². The third-order valence-corrected chi connectivity index (χ3v) is 2.18. The van der Waals surface area contributed by atoms with Gasteiger partial charge in [0.2, 0.25) is 0 Å². The highest BCUT2D eigenvalue weighted by Gasteiger charge is 2.27. The lowest BCUT2D eigenvalue weighted by Gasteiger charge is -2.29. The minimum Gasteiger partial charge on any atom is -0.481 e. The first kappa shape index (κ1) is 9.48. The Balaban J connectivity index is 2.41. The van der Waals surface area contributed by atoms with Gasteiger partial charge in [0.05, 0.1) is 19.1 Å². The molecule has 1 rings (SSSR count). The SMILES string of the molecule is COC1COCCC1CC(=O)O. The highest BCUT2D eigenvalue weighted by molar-refractivity contribution is 5.67. The second-order valence-corrected chi connectivity index (χ2v) is 3.00. The van der Waals surface area contributed by atoms with Crippen LogP contribution in [0.3, 0.4) is 0 Å². The quantitative estimate of drug-likeness (QED) is 0.677. The van der Waals surface area contributed by atoms with Crippen LogP contribution in [0.4, 0.5) is 0 Å². The Hall–Kier alpha value is -0.610. The molecule has 0 bridgehead atoms. The lowest BCUT2D eigenvalue weighted by atomic mass is 9.94. The third kappa shape index (κ3) is 2.46. The van der Waals surface area contributed by atoms with Crippen molar-refractivity contribution in [3.05, 3.63) is 0 Å². The molecule has 4 nitrogen and oxygen atoms in total. The van der Waals surface area contributed by atoms with Gasteiger partial charge in [-0.3, -0.25) is 4.79 Å². The fourth-order valence-corrected chi connectivity index (χ4v) is 1.47. The number of hydrogen-bond donors (Lipinski definition) is 1. The van der Waals surface area contributed by atoms with E-state index in [1.54, 1.807) is 7.11 Å². The van der Waals surface area contributed by atoms with Gasteiger partial charge in [0.25, 0.3) is 0 Å². The molecule has 0 aromatic carbocycles. The number of carboxylic acids is 1. The van der Waals surface area contributed by atoms with Crippen LogP contribution in [0.2, 0.25) is 0 Å². The van der Waals surface area contributed by atoms with Crippen molar-refractivity contribution in [3.8, 4) is 0 Å². The number of hydrogen-bond acceptors (Lipinski definition) is 3. The van der Waals surface area contributed by atoms with Gasteiger partial charge < -0.3 is 14.6 Å². The Morgan fingerprint density at radius 1 is 1.75 bits per heavy atom. The zero-order chi connectivity index (χ0) is 8.97. The number of carbonyl (C=O) groups is 1. The summed E-state index contributed by atoms with van der Waals surface area (Å²) in [4.78, 5) is 10.4. The molecule has 1 saturated heterocycles.